The summed E-state index contributed by atoms with van der Waals surface area (Å²) < 4.78 is 0. The van der Waals surface area contributed by atoms with Gasteiger partial charge in [-0.25, -0.2) is 4.98 Å². The maximum absolute atomic E-state index is 11.5. The molecule has 1 saturated heterocycles. The number of carbonyl (C=O) groups is 1. The van der Waals surface area contributed by atoms with Crippen molar-refractivity contribution in [2.45, 2.75) is 13.0 Å². The zero-order valence-electron chi connectivity index (χ0n) is 10.8. The first-order chi connectivity index (χ1) is 8.49. The van der Waals surface area contributed by atoms with Crippen molar-refractivity contribution < 1.29 is 4.79 Å². The summed E-state index contributed by atoms with van der Waals surface area (Å²) in [5.41, 5.74) is 12.2. The zero-order chi connectivity index (χ0) is 13.3. The Kier molecular flexibility index (Phi) is 3.38. The number of carbonyl (C=O) groups excluding carboxylic acids is 1. The fraction of sp³-hybridized carbons (Fsp3) is 0.500. The molecule has 1 aliphatic heterocycles. The summed E-state index contributed by atoms with van der Waals surface area (Å²) >= 11 is 0. The second-order valence-corrected chi connectivity index (χ2v) is 4.77. The maximum atomic E-state index is 11.5. The van der Waals surface area contributed by atoms with Crippen LogP contribution in [-0.4, -0.2) is 48.5 Å². The quantitative estimate of drug-likeness (QED) is 0.764. The fourth-order valence-electron chi connectivity index (χ4n) is 2.18. The number of rotatable bonds is 2. The van der Waals surface area contributed by atoms with Crippen LogP contribution in [0.3, 0.4) is 0 Å². The molecule has 2 heterocycles. The molecule has 98 valence electrons. The van der Waals surface area contributed by atoms with Gasteiger partial charge in [0.2, 0.25) is 0 Å². The molecule has 0 radical (unpaired) electrons. The minimum atomic E-state index is -0.467. The zero-order valence-corrected chi connectivity index (χ0v) is 10.8. The summed E-state index contributed by atoms with van der Waals surface area (Å²) in [5.74, 6) is -0.152. The van der Waals surface area contributed by atoms with E-state index in [2.05, 4.69) is 28.8 Å². The van der Waals surface area contributed by atoms with Crippen molar-refractivity contribution in [2.75, 3.05) is 37.3 Å². The van der Waals surface area contributed by atoms with Crippen LogP contribution in [0.15, 0.2) is 12.3 Å². The van der Waals surface area contributed by atoms with E-state index in [4.69, 9.17) is 11.5 Å². The lowest BCUT2D eigenvalue weighted by atomic mass is 10.1. The molecule has 1 atom stereocenters. The van der Waals surface area contributed by atoms with Gasteiger partial charge in [0.25, 0.3) is 5.91 Å². The summed E-state index contributed by atoms with van der Waals surface area (Å²) in [5, 5.41) is 0. The summed E-state index contributed by atoms with van der Waals surface area (Å²) in [7, 11) is 2.10. The molecule has 0 aromatic carbocycles. The molecule has 1 fully saturated rings. The molecule has 6 nitrogen and oxygen atoms in total. The number of amides is 1. The van der Waals surface area contributed by atoms with E-state index < -0.39 is 5.91 Å². The molecule has 6 heteroatoms. The molecule has 0 bridgehead atoms. The second kappa shape index (κ2) is 4.81. The molecule has 0 aliphatic carbocycles. The van der Waals surface area contributed by atoms with Gasteiger partial charge in [-0.15, -0.1) is 0 Å². The predicted molar refractivity (Wildman–Crippen MR) is 71.5 cm³/mol. The number of likely N-dealkylation sites (N-methyl/N-ethyl adjacent to an activating group) is 1. The van der Waals surface area contributed by atoms with Gasteiger partial charge in [0.15, 0.2) is 0 Å². The van der Waals surface area contributed by atoms with Crippen LogP contribution in [0.1, 0.15) is 17.3 Å². The summed E-state index contributed by atoms with van der Waals surface area (Å²) in [6, 6.07) is 1.97. The van der Waals surface area contributed by atoms with Gasteiger partial charge in [-0.2, -0.15) is 0 Å². The molecule has 1 aliphatic rings. The van der Waals surface area contributed by atoms with Crippen LogP contribution in [-0.2, 0) is 0 Å². The molecule has 18 heavy (non-hydrogen) atoms. The van der Waals surface area contributed by atoms with Gasteiger partial charge >= 0.3 is 0 Å². The van der Waals surface area contributed by atoms with Crippen molar-refractivity contribution in [3.8, 4) is 0 Å². The molecule has 1 amide bonds. The lowest BCUT2D eigenvalue weighted by Gasteiger charge is -2.39. The van der Waals surface area contributed by atoms with Gasteiger partial charge in [0.05, 0.1) is 17.4 Å². The van der Waals surface area contributed by atoms with Crippen molar-refractivity contribution in [3.05, 3.63) is 17.8 Å². The van der Waals surface area contributed by atoms with Crippen molar-refractivity contribution in [1.29, 1.82) is 0 Å². The van der Waals surface area contributed by atoms with Gasteiger partial charge in [0, 0.05) is 25.7 Å². The standard InChI is InChI=1S/C12H19N5O/c1-8-7-17(4-3-16(8)2)10-6-15-11(13)5-9(10)12(14)18/h5-6,8H,3-4,7H2,1-2H3,(H2,13,15)(H2,14,18). The number of hydrogen-bond acceptors (Lipinski definition) is 5. The lowest BCUT2D eigenvalue weighted by molar-refractivity contribution is 0.100. The minimum absolute atomic E-state index is 0.315. The first-order valence-corrected chi connectivity index (χ1v) is 5.99. The molecule has 0 spiro atoms. The van der Waals surface area contributed by atoms with Crippen molar-refractivity contribution in [2.24, 2.45) is 5.73 Å². The normalized spacial score (nSPS) is 21.0. The summed E-state index contributed by atoms with van der Waals surface area (Å²) in [4.78, 5) is 19.9. The highest BCUT2D eigenvalue weighted by molar-refractivity contribution is 5.99. The van der Waals surface area contributed by atoms with Crippen LogP contribution in [0.2, 0.25) is 0 Å². The Bertz CT molecular complexity index is 462. The number of nitrogens with zero attached hydrogens (tertiary/aromatic N) is 3. The van der Waals surface area contributed by atoms with E-state index in [1.807, 2.05) is 0 Å². The lowest BCUT2D eigenvalue weighted by Crippen LogP contribution is -2.50. The van der Waals surface area contributed by atoms with Crippen LogP contribution in [0, 0.1) is 0 Å². The first kappa shape index (κ1) is 12.6. The number of primary amides is 1. The van der Waals surface area contributed by atoms with Gasteiger partial charge in [-0.3, -0.25) is 4.79 Å². The molecule has 1 aromatic heterocycles. The molecule has 2 rings (SSSR count). The van der Waals surface area contributed by atoms with E-state index in [1.165, 1.54) is 0 Å². The first-order valence-electron chi connectivity index (χ1n) is 5.99. The topological polar surface area (TPSA) is 88.5 Å². The molecular weight excluding hydrogens is 230 g/mol. The molecular formula is C12H19N5O. The third-order valence-electron chi connectivity index (χ3n) is 3.47. The van der Waals surface area contributed by atoms with E-state index in [1.54, 1.807) is 12.3 Å². The summed E-state index contributed by atoms with van der Waals surface area (Å²) in [6.07, 6.45) is 1.63. The Labute approximate surface area is 107 Å². The van der Waals surface area contributed by atoms with E-state index in [0.29, 0.717) is 17.4 Å². The molecule has 0 saturated carbocycles. The number of pyridine rings is 1. The number of nitrogen functional groups attached to an aromatic ring is 1. The average molecular weight is 249 g/mol. The van der Waals surface area contributed by atoms with Crippen molar-refractivity contribution in [1.82, 2.24) is 9.88 Å². The van der Waals surface area contributed by atoms with E-state index in [-0.39, 0.29) is 0 Å². The Morgan fingerprint density at radius 2 is 2.22 bits per heavy atom. The van der Waals surface area contributed by atoms with Gasteiger partial charge in [0.1, 0.15) is 5.82 Å². The Morgan fingerprint density at radius 1 is 1.50 bits per heavy atom. The van der Waals surface area contributed by atoms with E-state index in [0.717, 1.165) is 25.3 Å². The highest BCUT2D eigenvalue weighted by Crippen LogP contribution is 2.23. The largest absolute Gasteiger partial charge is 0.384 e. The smallest absolute Gasteiger partial charge is 0.251 e. The van der Waals surface area contributed by atoms with E-state index >= 15 is 0 Å². The highest BCUT2D eigenvalue weighted by atomic mass is 16.1. The maximum Gasteiger partial charge on any atom is 0.251 e. The molecule has 1 aromatic rings. The number of hydrogen-bond donors (Lipinski definition) is 2. The molecule has 4 N–H and O–H groups in total. The summed E-state index contributed by atoms with van der Waals surface area (Å²) in [6.45, 7) is 4.81. The number of nitrogens with two attached hydrogens (primary N) is 2. The number of anilines is 2. The minimum Gasteiger partial charge on any atom is -0.384 e. The SMILES string of the molecule is CC1CN(c2cnc(N)cc2C(N)=O)CCN1C. The Morgan fingerprint density at radius 3 is 2.83 bits per heavy atom. The molecule has 1 unspecified atom stereocenters. The number of aromatic nitrogens is 1. The van der Waals surface area contributed by atoms with Crippen LogP contribution in [0.5, 0.6) is 0 Å². The third kappa shape index (κ3) is 2.38. The van der Waals surface area contributed by atoms with Gasteiger partial charge in [-0.05, 0) is 20.0 Å². The average Bonchev–Trinajstić information content (AvgIpc) is 2.32. The third-order valence-corrected chi connectivity index (χ3v) is 3.47. The number of piperazine rings is 1. The van der Waals surface area contributed by atoms with E-state index in [9.17, 15) is 4.79 Å². The van der Waals surface area contributed by atoms with Gasteiger partial charge in [-0.1, -0.05) is 0 Å². The van der Waals surface area contributed by atoms with Crippen molar-refractivity contribution in [3.63, 3.8) is 0 Å². The second-order valence-electron chi connectivity index (χ2n) is 4.77. The highest BCUT2D eigenvalue weighted by Gasteiger charge is 2.24. The monoisotopic (exact) mass is 249 g/mol. The Balaban J connectivity index is 2.30. The van der Waals surface area contributed by atoms with Crippen LogP contribution in [0.4, 0.5) is 11.5 Å². The van der Waals surface area contributed by atoms with Crippen LogP contribution < -0.4 is 16.4 Å². The van der Waals surface area contributed by atoms with Gasteiger partial charge < -0.3 is 21.3 Å². The van der Waals surface area contributed by atoms with Crippen LogP contribution in [0.25, 0.3) is 0 Å². The fourth-order valence-corrected chi connectivity index (χ4v) is 2.18. The van der Waals surface area contributed by atoms with Crippen molar-refractivity contribution >= 4 is 17.4 Å². The Hall–Kier alpha value is -1.82. The van der Waals surface area contributed by atoms with Crippen LogP contribution >= 0.6 is 0 Å². The predicted octanol–water partition coefficient (Wildman–Crippen LogP) is -0.0970.